The fourth-order valence-electron chi connectivity index (χ4n) is 2.98. The lowest BCUT2D eigenvalue weighted by molar-refractivity contribution is 0.159. The van der Waals surface area contributed by atoms with Crippen molar-refractivity contribution in [2.75, 3.05) is 18.5 Å². The maximum atomic E-state index is 12.8. The highest BCUT2D eigenvalue weighted by Crippen LogP contribution is 2.32. The predicted molar refractivity (Wildman–Crippen MR) is 93.5 cm³/mol. The van der Waals surface area contributed by atoms with Gasteiger partial charge in [-0.1, -0.05) is 11.6 Å². The number of nitrogens with zero attached hydrogens (tertiary/aromatic N) is 2. The van der Waals surface area contributed by atoms with E-state index in [2.05, 4.69) is 15.3 Å². The molecule has 0 aliphatic carbocycles. The van der Waals surface area contributed by atoms with Crippen LogP contribution in [0.15, 0.2) is 30.6 Å². The predicted octanol–water partition coefficient (Wildman–Crippen LogP) is 4.22. The monoisotopic (exact) mass is 348 g/mol. The van der Waals surface area contributed by atoms with Crippen molar-refractivity contribution in [3.05, 3.63) is 41.4 Å². The van der Waals surface area contributed by atoms with Crippen molar-refractivity contribution in [3.63, 3.8) is 0 Å². The lowest BCUT2D eigenvalue weighted by Gasteiger charge is -2.34. The molecule has 7 heteroatoms. The van der Waals surface area contributed by atoms with Gasteiger partial charge in [-0.2, -0.15) is 0 Å². The molecule has 1 fully saturated rings. The summed E-state index contributed by atoms with van der Waals surface area (Å²) in [6.45, 7) is 3.10. The fourth-order valence-corrected chi connectivity index (χ4v) is 3.14. The van der Waals surface area contributed by atoms with Gasteiger partial charge in [0.2, 0.25) is 0 Å². The number of carbonyl (C=O) groups is 1. The molecule has 2 aromatic rings. The minimum absolute atomic E-state index is 0.0309. The van der Waals surface area contributed by atoms with E-state index < -0.39 is 0 Å². The van der Waals surface area contributed by atoms with Crippen LogP contribution in [0.3, 0.4) is 0 Å². The van der Waals surface area contributed by atoms with Gasteiger partial charge in [-0.25, -0.2) is 9.78 Å². The molecule has 1 aliphatic heterocycles. The summed E-state index contributed by atoms with van der Waals surface area (Å²) in [5, 5.41) is 3.52. The van der Waals surface area contributed by atoms with Gasteiger partial charge in [0.1, 0.15) is 11.6 Å². The second-order valence-corrected chi connectivity index (χ2v) is 6.12. The summed E-state index contributed by atoms with van der Waals surface area (Å²) < 4.78 is 5.57. The van der Waals surface area contributed by atoms with Crippen molar-refractivity contribution in [2.24, 2.45) is 0 Å². The van der Waals surface area contributed by atoms with E-state index in [1.165, 1.54) is 0 Å². The zero-order valence-corrected chi connectivity index (χ0v) is 14.3. The van der Waals surface area contributed by atoms with Gasteiger partial charge in [-0.15, -0.1) is 0 Å². The van der Waals surface area contributed by atoms with E-state index in [1.807, 2.05) is 11.8 Å². The first-order valence-electron chi connectivity index (χ1n) is 8.18. The topological polar surface area (TPSA) is 70.2 Å². The van der Waals surface area contributed by atoms with Gasteiger partial charge in [0, 0.05) is 30.0 Å². The van der Waals surface area contributed by atoms with Crippen LogP contribution in [0.2, 0.25) is 5.02 Å². The van der Waals surface area contributed by atoms with Crippen molar-refractivity contribution in [3.8, 4) is 5.75 Å². The first kappa shape index (κ1) is 16.6. The van der Waals surface area contributed by atoms with Gasteiger partial charge < -0.3 is 19.9 Å². The first-order chi connectivity index (χ1) is 11.7. The number of nitrogens with one attached hydrogen (secondary N) is 2. The van der Waals surface area contributed by atoms with Gasteiger partial charge in [0.05, 0.1) is 18.3 Å². The number of urea groups is 1. The average molecular weight is 349 g/mol. The summed E-state index contributed by atoms with van der Waals surface area (Å²) in [6.07, 6.45) is 6.47. The standard InChI is InChI=1S/C17H21ClN4O2/c1-2-24-15-11-12(18)6-7-13(15)21-17(23)22-10-4-3-5-14(22)16-19-8-9-20-16/h6-9,11,14H,2-5,10H2,1H3,(H,19,20)(H,21,23)/t14-/m0/s1. The Labute approximate surface area is 146 Å². The third kappa shape index (κ3) is 3.64. The molecular formula is C17H21ClN4O2. The molecule has 0 bridgehead atoms. The minimum Gasteiger partial charge on any atom is -0.492 e. The van der Waals surface area contributed by atoms with Gasteiger partial charge in [-0.05, 0) is 38.3 Å². The van der Waals surface area contributed by atoms with Crippen LogP contribution in [-0.4, -0.2) is 34.1 Å². The van der Waals surface area contributed by atoms with Gasteiger partial charge in [0.15, 0.2) is 0 Å². The number of hydrogen-bond donors (Lipinski definition) is 2. The van der Waals surface area contributed by atoms with Crippen molar-refractivity contribution in [1.82, 2.24) is 14.9 Å². The van der Waals surface area contributed by atoms with Crippen molar-refractivity contribution < 1.29 is 9.53 Å². The molecular weight excluding hydrogens is 328 g/mol. The van der Waals surface area contributed by atoms with E-state index in [4.69, 9.17) is 16.3 Å². The van der Waals surface area contributed by atoms with Gasteiger partial charge in [0.25, 0.3) is 0 Å². The Bertz CT molecular complexity index is 690. The SMILES string of the molecule is CCOc1cc(Cl)ccc1NC(=O)N1CCCC[C@H]1c1ncc[nH]1. The van der Waals surface area contributed by atoms with Crippen molar-refractivity contribution in [1.29, 1.82) is 0 Å². The van der Waals surface area contributed by atoms with Crippen molar-refractivity contribution in [2.45, 2.75) is 32.2 Å². The molecule has 1 aromatic carbocycles. The molecule has 1 aromatic heterocycles. The molecule has 1 atom stereocenters. The number of ether oxygens (including phenoxy) is 1. The Kier molecular flexibility index (Phi) is 5.25. The molecule has 2 amide bonds. The summed E-state index contributed by atoms with van der Waals surface area (Å²) in [5.74, 6) is 1.40. The molecule has 0 spiro atoms. The quantitative estimate of drug-likeness (QED) is 0.869. The number of carbonyl (C=O) groups excluding carboxylic acids is 1. The second kappa shape index (κ2) is 7.57. The number of piperidine rings is 1. The zero-order valence-electron chi connectivity index (χ0n) is 13.6. The number of aromatic nitrogens is 2. The highest BCUT2D eigenvalue weighted by Gasteiger charge is 2.30. The zero-order chi connectivity index (χ0) is 16.9. The molecule has 6 nitrogen and oxygen atoms in total. The van der Waals surface area contributed by atoms with Crippen LogP contribution in [0.4, 0.5) is 10.5 Å². The van der Waals surface area contributed by atoms with Crippen LogP contribution in [0, 0.1) is 0 Å². The number of H-pyrrole nitrogens is 1. The number of halogens is 1. The van der Waals surface area contributed by atoms with Gasteiger partial charge in [-0.3, -0.25) is 0 Å². The van der Waals surface area contributed by atoms with E-state index >= 15 is 0 Å². The van der Waals surface area contributed by atoms with E-state index in [0.29, 0.717) is 29.6 Å². The molecule has 0 saturated carbocycles. The smallest absolute Gasteiger partial charge is 0.322 e. The number of benzene rings is 1. The van der Waals surface area contributed by atoms with Crippen LogP contribution in [0.1, 0.15) is 38.1 Å². The van der Waals surface area contributed by atoms with E-state index in [0.717, 1.165) is 25.1 Å². The number of rotatable bonds is 4. The molecule has 2 heterocycles. The number of amides is 2. The molecule has 0 radical (unpaired) electrons. The van der Waals surface area contributed by atoms with Crippen LogP contribution < -0.4 is 10.1 Å². The van der Waals surface area contributed by atoms with E-state index in [9.17, 15) is 4.79 Å². The Balaban J connectivity index is 1.78. The molecule has 1 aliphatic rings. The molecule has 0 unspecified atom stereocenters. The molecule has 1 saturated heterocycles. The second-order valence-electron chi connectivity index (χ2n) is 5.68. The largest absolute Gasteiger partial charge is 0.492 e. The third-order valence-electron chi connectivity index (χ3n) is 4.08. The average Bonchev–Trinajstić information content (AvgIpc) is 3.12. The molecule has 24 heavy (non-hydrogen) atoms. The third-order valence-corrected chi connectivity index (χ3v) is 4.32. The van der Waals surface area contributed by atoms with E-state index in [1.54, 1.807) is 30.6 Å². The fraction of sp³-hybridized carbons (Fsp3) is 0.412. The highest BCUT2D eigenvalue weighted by molar-refractivity contribution is 6.30. The molecule has 128 valence electrons. The Morgan fingerprint density at radius 3 is 3.12 bits per heavy atom. The molecule has 2 N–H and O–H groups in total. The van der Waals surface area contributed by atoms with E-state index in [-0.39, 0.29) is 12.1 Å². The summed E-state index contributed by atoms with van der Waals surface area (Å²) in [7, 11) is 0. The lowest BCUT2D eigenvalue weighted by atomic mass is 10.0. The first-order valence-corrected chi connectivity index (χ1v) is 8.56. The van der Waals surface area contributed by atoms with Crippen LogP contribution in [-0.2, 0) is 0 Å². The Hall–Kier alpha value is -2.21. The van der Waals surface area contributed by atoms with Crippen LogP contribution in [0.25, 0.3) is 0 Å². The normalized spacial score (nSPS) is 17.6. The minimum atomic E-state index is -0.153. The number of imidazole rings is 1. The number of anilines is 1. The Morgan fingerprint density at radius 2 is 2.38 bits per heavy atom. The maximum Gasteiger partial charge on any atom is 0.322 e. The lowest BCUT2D eigenvalue weighted by Crippen LogP contribution is -2.41. The Morgan fingerprint density at radius 1 is 1.50 bits per heavy atom. The highest BCUT2D eigenvalue weighted by atomic mass is 35.5. The van der Waals surface area contributed by atoms with Crippen LogP contribution >= 0.6 is 11.6 Å². The number of aromatic amines is 1. The maximum absolute atomic E-state index is 12.8. The molecule has 3 rings (SSSR count). The van der Waals surface area contributed by atoms with Crippen molar-refractivity contribution >= 4 is 23.3 Å². The van der Waals surface area contributed by atoms with Gasteiger partial charge >= 0.3 is 6.03 Å². The summed E-state index contributed by atoms with van der Waals surface area (Å²) >= 11 is 6.01. The van der Waals surface area contributed by atoms with Crippen LogP contribution in [0.5, 0.6) is 5.75 Å². The summed E-state index contributed by atoms with van der Waals surface area (Å²) in [5.41, 5.74) is 0.620. The summed E-state index contributed by atoms with van der Waals surface area (Å²) in [6, 6.07) is 5.02. The number of likely N-dealkylation sites (tertiary alicyclic amines) is 1. The number of hydrogen-bond acceptors (Lipinski definition) is 3. The summed E-state index contributed by atoms with van der Waals surface area (Å²) in [4.78, 5) is 22.1.